The summed E-state index contributed by atoms with van der Waals surface area (Å²) in [7, 11) is 0. The first-order chi connectivity index (χ1) is 12.2. The third-order valence-corrected chi connectivity index (χ3v) is 6.30. The van der Waals surface area contributed by atoms with Crippen molar-refractivity contribution < 1.29 is 13.9 Å². The summed E-state index contributed by atoms with van der Waals surface area (Å²) in [4.78, 5) is 21.7. The van der Waals surface area contributed by atoms with Crippen LogP contribution in [0.5, 0.6) is 0 Å². The van der Waals surface area contributed by atoms with Gasteiger partial charge in [0.15, 0.2) is 0 Å². The van der Waals surface area contributed by atoms with Crippen molar-refractivity contribution in [1.82, 2.24) is 14.8 Å². The number of oxazole rings is 1. The monoisotopic (exact) mass is 364 g/mol. The van der Waals surface area contributed by atoms with Gasteiger partial charge in [-0.15, -0.1) is 0 Å². The zero-order chi connectivity index (χ0) is 19.1. The highest BCUT2D eigenvalue weighted by molar-refractivity contribution is 5.89. The van der Waals surface area contributed by atoms with E-state index in [0.717, 1.165) is 30.4 Å². The summed E-state index contributed by atoms with van der Waals surface area (Å²) in [6.07, 6.45) is 0.654. The molecule has 0 spiro atoms. The minimum atomic E-state index is -0.828. The van der Waals surface area contributed by atoms with E-state index in [0.29, 0.717) is 32.7 Å². The number of carbonyl (C=O) groups excluding carboxylic acids is 1. The summed E-state index contributed by atoms with van der Waals surface area (Å²) in [6, 6.07) is 0. The molecule has 2 fully saturated rings. The maximum Gasteiger partial charge on any atom is 0.243 e. The lowest BCUT2D eigenvalue weighted by Crippen LogP contribution is -2.76. The predicted octanol–water partition coefficient (Wildman–Crippen LogP) is 1.47. The Morgan fingerprint density at radius 2 is 1.96 bits per heavy atom. The smallest absolute Gasteiger partial charge is 0.243 e. The molecule has 1 aliphatic heterocycles. The van der Waals surface area contributed by atoms with Gasteiger partial charge in [-0.05, 0) is 20.8 Å². The van der Waals surface area contributed by atoms with Crippen LogP contribution in [0, 0.1) is 19.3 Å². The van der Waals surface area contributed by atoms with Crippen molar-refractivity contribution in [2.24, 2.45) is 11.1 Å². The Morgan fingerprint density at radius 3 is 2.46 bits per heavy atom. The maximum atomic E-state index is 13.1. The first-order valence-corrected chi connectivity index (χ1v) is 9.54. The Hall–Kier alpha value is -1.44. The van der Waals surface area contributed by atoms with Crippen LogP contribution in [0.2, 0.25) is 0 Å². The van der Waals surface area contributed by atoms with Crippen molar-refractivity contribution in [2.45, 2.75) is 59.2 Å². The summed E-state index contributed by atoms with van der Waals surface area (Å²) >= 11 is 0. The molecular weight excluding hydrogens is 332 g/mol. The van der Waals surface area contributed by atoms with Gasteiger partial charge in [0.05, 0.1) is 18.3 Å². The topological polar surface area (TPSA) is 84.8 Å². The molecule has 1 aromatic heterocycles. The van der Waals surface area contributed by atoms with Crippen LogP contribution in [0.1, 0.15) is 44.5 Å². The van der Waals surface area contributed by atoms with Gasteiger partial charge in [-0.2, -0.15) is 0 Å². The summed E-state index contributed by atoms with van der Waals surface area (Å²) in [5.41, 5.74) is 6.31. The standard InChI is InChI=1S/C19H32N4O3/c1-6-25-15-11-19(20,18(15,4)5)17(24)23-9-7-22(8-10-23)12-16-21-13(2)14(3)26-16/h15H,6-12,20H2,1-5H3. The normalized spacial score (nSPS) is 28.8. The SMILES string of the molecule is CCOC1CC(N)(C(=O)N2CCN(Cc3nc(C)c(C)o3)CC2)C1(C)C. The summed E-state index contributed by atoms with van der Waals surface area (Å²) in [5.74, 6) is 1.67. The fraction of sp³-hybridized carbons (Fsp3) is 0.789. The first kappa shape index (κ1) is 19.3. The van der Waals surface area contributed by atoms with Gasteiger partial charge in [-0.25, -0.2) is 4.98 Å². The van der Waals surface area contributed by atoms with E-state index in [2.05, 4.69) is 9.88 Å². The number of aryl methyl sites for hydroxylation is 2. The van der Waals surface area contributed by atoms with Crippen molar-refractivity contribution in [3.8, 4) is 0 Å². The first-order valence-electron chi connectivity index (χ1n) is 9.54. The lowest BCUT2D eigenvalue weighted by molar-refractivity contribution is -0.180. The molecule has 26 heavy (non-hydrogen) atoms. The zero-order valence-corrected chi connectivity index (χ0v) is 16.7. The van der Waals surface area contributed by atoms with Crippen LogP contribution in [0.25, 0.3) is 0 Å². The zero-order valence-electron chi connectivity index (χ0n) is 16.7. The second-order valence-corrected chi connectivity index (χ2v) is 8.16. The van der Waals surface area contributed by atoms with Gasteiger partial charge in [0, 0.05) is 44.6 Å². The van der Waals surface area contributed by atoms with Crippen LogP contribution in [0.15, 0.2) is 4.42 Å². The third-order valence-electron chi connectivity index (χ3n) is 6.30. The molecule has 0 radical (unpaired) electrons. The number of nitrogens with zero attached hydrogens (tertiary/aromatic N) is 3. The Labute approximate surface area is 155 Å². The van der Waals surface area contributed by atoms with E-state index in [4.69, 9.17) is 14.9 Å². The minimum Gasteiger partial charge on any atom is -0.444 e. The second-order valence-electron chi connectivity index (χ2n) is 8.16. The molecule has 3 rings (SSSR count). The number of aromatic nitrogens is 1. The summed E-state index contributed by atoms with van der Waals surface area (Å²) in [6.45, 7) is 14.3. The average molecular weight is 364 g/mol. The molecule has 1 aromatic rings. The van der Waals surface area contributed by atoms with Gasteiger partial charge in [-0.1, -0.05) is 13.8 Å². The van der Waals surface area contributed by atoms with Gasteiger partial charge in [0.1, 0.15) is 11.3 Å². The molecule has 7 nitrogen and oxygen atoms in total. The number of hydrogen-bond acceptors (Lipinski definition) is 6. The van der Waals surface area contributed by atoms with E-state index in [1.54, 1.807) is 0 Å². The molecule has 2 atom stereocenters. The molecule has 7 heteroatoms. The summed E-state index contributed by atoms with van der Waals surface area (Å²) < 4.78 is 11.4. The highest BCUT2D eigenvalue weighted by atomic mass is 16.5. The molecule has 146 valence electrons. The lowest BCUT2D eigenvalue weighted by Gasteiger charge is -2.59. The van der Waals surface area contributed by atoms with Gasteiger partial charge in [-0.3, -0.25) is 9.69 Å². The third kappa shape index (κ3) is 3.17. The van der Waals surface area contributed by atoms with Gasteiger partial charge >= 0.3 is 0 Å². The molecule has 2 heterocycles. The number of amides is 1. The largest absolute Gasteiger partial charge is 0.444 e. The Morgan fingerprint density at radius 1 is 1.31 bits per heavy atom. The Bertz CT molecular complexity index is 644. The minimum absolute atomic E-state index is 0.0549. The van der Waals surface area contributed by atoms with Crippen molar-refractivity contribution >= 4 is 5.91 Å². The van der Waals surface area contributed by atoms with Crippen molar-refractivity contribution in [1.29, 1.82) is 0 Å². The van der Waals surface area contributed by atoms with E-state index in [1.807, 2.05) is 39.5 Å². The molecule has 0 bridgehead atoms. The van der Waals surface area contributed by atoms with Crippen LogP contribution in [0.4, 0.5) is 0 Å². The number of hydrogen-bond donors (Lipinski definition) is 1. The van der Waals surface area contributed by atoms with Crippen molar-refractivity contribution in [2.75, 3.05) is 32.8 Å². The average Bonchev–Trinajstić information content (AvgIpc) is 2.92. The Kier molecular flexibility index (Phi) is 5.16. The molecule has 1 aliphatic carbocycles. The highest BCUT2D eigenvalue weighted by Crippen LogP contribution is 2.50. The summed E-state index contributed by atoms with van der Waals surface area (Å²) in [5, 5.41) is 0. The van der Waals surface area contributed by atoms with Crippen molar-refractivity contribution in [3.05, 3.63) is 17.3 Å². The molecule has 1 saturated carbocycles. The van der Waals surface area contributed by atoms with Crippen LogP contribution in [-0.2, 0) is 16.1 Å². The molecule has 1 saturated heterocycles. The quantitative estimate of drug-likeness (QED) is 0.852. The van der Waals surface area contributed by atoms with Crippen LogP contribution < -0.4 is 5.73 Å². The van der Waals surface area contributed by atoms with Crippen molar-refractivity contribution in [3.63, 3.8) is 0 Å². The van der Waals surface area contributed by atoms with Crippen LogP contribution in [0.3, 0.4) is 0 Å². The number of ether oxygens (including phenoxy) is 1. The molecular formula is C19H32N4O3. The second kappa shape index (κ2) is 6.94. The molecule has 2 N–H and O–H groups in total. The van der Waals surface area contributed by atoms with Gasteiger partial charge in [0.2, 0.25) is 11.8 Å². The number of rotatable bonds is 5. The lowest BCUT2D eigenvalue weighted by atomic mass is 9.54. The Balaban J connectivity index is 1.55. The predicted molar refractivity (Wildman–Crippen MR) is 98.6 cm³/mol. The van der Waals surface area contributed by atoms with Crippen LogP contribution >= 0.6 is 0 Å². The van der Waals surface area contributed by atoms with Gasteiger partial charge in [0.25, 0.3) is 0 Å². The van der Waals surface area contributed by atoms with Crippen LogP contribution in [-0.4, -0.2) is 65.1 Å². The van der Waals surface area contributed by atoms with E-state index in [-0.39, 0.29) is 17.4 Å². The number of carbonyl (C=O) groups is 1. The van der Waals surface area contributed by atoms with E-state index in [1.165, 1.54) is 0 Å². The molecule has 0 aromatic carbocycles. The molecule has 1 amide bonds. The van der Waals surface area contributed by atoms with E-state index >= 15 is 0 Å². The number of piperazine rings is 1. The maximum absolute atomic E-state index is 13.1. The fourth-order valence-corrected chi connectivity index (χ4v) is 3.99. The van der Waals surface area contributed by atoms with E-state index < -0.39 is 5.54 Å². The molecule has 2 unspecified atom stereocenters. The van der Waals surface area contributed by atoms with Gasteiger partial charge < -0.3 is 19.8 Å². The van der Waals surface area contributed by atoms with E-state index in [9.17, 15) is 4.79 Å². The molecule has 2 aliphatic rings. The highest BCUT2D eigenvalue weighted by Gasteiger charge is 2.63. The number of nitrogens with two attached hydrogens (primary N) is 1. The fourth-order valence-electron chi connectivity index (χ4n) is 3.99.